The van der Waals surface area contributed by atoms with Gasteiger partial charge in [-0.05, 0) is 42.3 Å². The molecule has 0 saturated heterocycles. The van der Waals surface area contributed by atoms with Crippen molar-refractivity contribution in [2.24, 2.45) is 5.92 Å². The predicted molar refractivity (Wildman–Crippen MR) is 92.0 cm³/mol. The van der Waals surface area contributed by atoms with E-state index in [2.05, 4.69) is 17.4 Å². The summed E-state index contributed by atoms with van der Waals surface area (Å²) in [6.07, 6.45) is 2.42. The fourth-order valence-corrected chi connectivity index (χ4v) is 2.69. The topological polar surface area (TPSA) is 51.5 Å². The van der Waals surface area contributed by atoms with E-state index in [1.807, 2.05) is 30.3 Å². The van der Waals surface area contributed by atoms with Crippen LogP contribution in [-0.4, -0.2) is 12.5 Å². The zero-order chi connectivity index (χ0) is 16.4. The minimum atomic E-state index is -0.154. The van der Waals surface area contributed by atoms with Gasteiger partial charge >= 0.3 is 0 Å². The van der Waals surface area contributed by atoms with Gasteiger partial charge in [-0.25, -0.2) is 0 Å². The van der Waals surface area contributed by atoms with Gasteiger partial charge in [0.25, 0.3) is 5.91 Å². The number of carbonyl (C=O) groups is 1. The summed E-state index contributed by atoms with van der Waals surface area (Å²) in [6.45, 7) is 1.03. The van der Waals surface area contributed by atoms with Crippen molar-refractivity contribution in [3.63, 3.8) is 0 Å². The number of rotatable bonds is 6. The van der Waals surface area contributed by atoms with Gasteiger partial charge in [0.15, 0.2) is 5.76 Å². The predicted octanol–water partition coefficient (Wildman–Crippen LogP) is 4.15. The van der Waals surface area contributed by atoms with E-state index in [1.165, 1.54) is 12.8 Å². The summed E-state index contributed by atoms with van der Waals surface area (Å²) < 4.78 is 11.5. The van der Waals surface area contributed by atoms with E-state index >= 15 is 0 Å². The Kier molecular flexibility index (Phi) is 3.95. The molecule has 1 N–H and O–H groups in total. The first-order valence-corrected chi connectivity index (χ1v) is 8.27. The molecule has 1 aliphatic carbocycles. The molecule has 24 heavy (non-hydrogen) atoms. The van der Waals surface area contributed by atoms with Crippen LogP contribution < -0.4 is 10.1 Å². The molecule has 0 atom stereocenters. The van der Waals surface area contributed by atoms with Gasteiger partial charge in [0.1, 0.15) is 18.1 Å². The molecule has 1 amide bonds. The quantitative estimate of drug-likeness (QED) is 0.742. The second kappa shape index (κ2) is 6.40. The SMILES string of the molecule is O=C(NCC1CC1)c1ccc(COc2cccc3ccccc23)o1. The number of carbonyl (C=O) groups excluding carboxylic acids is 1. The second-order valence-electron chi connectivity index (χ2n) is 6.19. The summed E-state index contributed by atoms with van der Waals surface area (Å²) in [5, 5.41) is 5.10. The number of hydrogen-bond acceptors (Lipinski definition) is 3. The number of amides is 1. The zero-order valence-corrected chi connectivity index (χ0v) is 13.3. The molecular formula is C20H19NO3. The van der Waals surface area contributed by atoms with E-state index in [0.717, 1.165) is 23.1 Å². The van der Waals surface area contributed by atoms with Gasteiger partial charge in [0, 0.05) is 11.9 Å². The van der Waals surface area contributed by atoms with E-state index in [-0.39, 0.29) is 5.91 Å². The molecular weight excluding hydrogens is 302 g/mol. The maximum Gasteiger partial charge on any atom is 0.287 e. The molecule has 4 nitrogen and oxygen atoms in total. The maximum absolute atomic E-state index is 12.0. The molecule has 0 spiro atoms. The number of furan rings is 1. The summed E-state index contributed by atoms with van der Waals surface area (Å²) >= 11 is 0. The number of nitrogens with one attached hydrogen (secondary N) is 1. The third-order valence-corrected chi connectivity index (χ3v) is 4.25. The molecule has 0 radical (unpaired) electrons. The van der Waals surface area contributed by atoms with Crippen LogP contribution in [0.4, 0.5) is 0 Å². The minimum absolute atomic E-state index is 0.154. The molecule has 1 aliphatic rings. The van der Waals surface area contributed by atoms with Crippen molar-refractivity contribution < 1.29 is 13.9 Å². The number of hydrogen-bond donors (Lipinski definition) is 1. The molecule has 4 heteroatoms. The van der Waals surface area contributed by atoms with Crippen LogP contribution in [0.1, 0.15) is 29.2 Å². The van der Waals surface area contributed by atoms with Gasteiger partial charge in [-0.1, -0.05) is 36.4 Å². The van der Waals surface area contributed by atoms with Gasteiger partial charge in [-0.2, -0.15) is 0 Å². The Morgan fingerprint density at radius 3 is 2.79 bits per heavy atom. The van der Waals surface area contributed by atoms with Crippen LogP contribution in [0.2, 0.25) is 0 Å². The Bertz CT molecular complexity index is 859. The van der Waals surface area contributed by atoms with Crippen LogP contribution in [0.25, 0.3) is 10.8 Å². The third-order valence-electron chi connectivity index (χ3n) is 4.25. The lowest BCUT2D eigenvalue weighted by atomic mass is 10.1. The first kappa shape index (κ1) is 14.8. The lowest BCUT2D eigenvalue weighted by Crippen LogP contribution is -2.24. The van der Waals surface area contributed by atoms with Gasteiger partial charge in [-0.15, -0.1) is 0 Å². The molecule has 0 aliphatic heterocycles. The van der Waals surface area contributed by atoms with E-state index < -0.39 is 0 Å². The molecule has 1 aromatic heterocycles. The van der Waals surface area contributed by atoms with E-state index in [4.69, 9.17) is 9.15 Å². The second-order valence-corrected chi connectivity index (χ2v) is 6.19. The van der Waals surface area contributed by atoms with Crippen molar-refractivity contribution >= 4 is 16.7 Å². The average Bonchev–Trinajstić information content (AvgIpc) is 3.33. The van der Waals surface area contributed by atoms with Crippen molar-refractivity contribution in [1.82, 2.24) is 5.32 Å². The average molecular weight is 321 g/mol. The molecule has 122 valence electrons. The monoisotopic (exact) mass is 321 g/mol. The van der Waals surface area contributed by atoms with E-state index in [9.17, 15) is 4.79 Å². The summed E-state index contributed by atoms with van der Waals surface area (Å²) in [5.41, 5.74) is 0. The molecule has 1 heterocycles. The summed E-state index contributed by atoms with van der Waals surface area (Å²) in [5.74, 6) is 2.28. The van der Waals surface area contributed by atoms with Crippen LogP contribution >= 0.6 is 0 Å². The molecule has 0 bridgehead atoms. The van der Waals surface area contributed by atoms with Crippen molar-refractivity contribution in [2.75, 3.05) is 6.54 Å². The number of ether oxygens (including phenoxy) is 1. The summed E-state index contributed by atoms with van der Waals surface area (Å²) in [7, 11) is 0. The van der Waals surface area contributed by atoms with Crippen molar-refractivity contribution in [3.8, 4) is 5.75 Å². The summed E-state index contributed by atoms with van der Waals surface area (Å²) in [6, 6.07) is 17.5. The fourth-order valence-electron chi connectivity index (χ4n) is 2.69. The lowest BCUT2D eigenvalue weighted by molar-refractivity contribution is 0.0920. The molecule has 1 fully saturated rings. The van der Waals surface area contributed by atoms with Crippen molar-refractivity contribution in [1.29, 1.82) is 0 Å². The fraction of sp³-hybridized carbons (Fsp3) is 0.250. The highest BCUT2D eigenvalue weighted by Crippen LogP contribution is 2.28. The zero-order valence-electron chi connectivity index (χ0n) is 13.3. The number of fused-ring (bicyclic) bond motifs is 1. The maximum atomic E-state index is 12.0. The summed E-state index contributed by atoms with van der Waals surface area (Å²) in [4.78, 5) is 12.0. The van der Waals surface area contributed by atoms with Crippen LogP contribution in [0.3, 0.4) is 0 Å². The van der Waals surface area contributed by atoms with Crippen LogP contribution in [0.5, 0.6) is 5.75 Å². The Morgan fingerprint density at radius 1 is 1.08 bits per heavy atom. The first-order chi connectivity index (χ1) is 11.8. The Hall–Kier alpha value is -2.75. The molecule has 4 rings (SSSR count). The van der Waals surface area contributed by atoms with E-state index in [1.54, 1.807) is 12.1 Å². The molecule has 1 saturated carbocycles. The largest absolute Gasteiger partial charge is 0.485 e. The van der Waals surface area contributed by atoms with Gasteiger partial charge in [0.05, 0.1) is 0 Å². The van der Waals surface area contributed by atoms with Crippen molar-refractivity contribution in [2.45, 2.75) is 19.4 Å². The standard InChI is InChI=1S/C20H19NO3/c22-20(21-12-14-8-9-14)19-11-10-16(24-19)13-23-18-7-3-5-15-4-1-2-6-17(15)18/h1-7,10-11,14H,8-9,12-13H2,(H,21,22). The smallest absolute Gasteiger partial charge is 0.287 e. The van der Waals surface area contributed by atoms with Crippen LogP contribution in [0, 0.1) is 5.92 Å². The molecule has 3 aromatic rings. The Morgan fingerprint density at radius 2 is 1.92 bits per heavy atom. The minimum Gasteiger partial charge on any atom is -0.485 e. The van der Waals surface area contributed by atoms with E-state index in [0.29, 0.717) is 24.0 Å². The lowest BCUT2D eigenvalue weighted by Gasteiger charge is -2.08. The normalized spacial score (nSPS) is 13.8. The van der Waals surface area contributed by atoms with Gasteiger partial charge < -0.3 is 14.5 Å². The highest BCUT2D eigenvalue weighted by molar-refractivity contribution is 5.91. The van der Waals surface area contributed by atoms with Crippen LogP contribution in [0.15, 0.2) is 59.0 Å². The highest BCUT2D eigenvalue weighted by atomic mass is 16.5. The number of benzene rings is 2. The van der Waals surface area contributed by atoms with Gasteiger partial charge in [-0.3, -0.25) is 4.79 Å². The van der Waals surface area contributed by atoms with Crippen molar-refractivity contribution in [3.05, 3.63) is 66.1 Å². The van der Waals surface area contributed by atoms with Crippen LogP contribution in [-0.2, 0) is 6.61 Å². The molecule has 0 unspecified atom stereocenters. The third kappa shape index (κ3) is 3.27. The molecule has 2 aromatic carbocycles. The van der Waals surface area contributed by atoms with Gasteiger partial charge in [0.2, 0.25) is 0 Å². The Labute approximate surface area is 140 Å². The highest BCUT2D eigenvalue weighted by Gasteiger charge is 2.22. The first-order valence-electron chi connectivity index (χ1n) is 8.27. The Balaban J connectivity index is 1.41.